The van der Waals surface area contributed by atoms with Crippen molar-refractivity contribution in [3.63, 3.8) is 0 Å². The first-order valence-corrected chi connectivity index (χ1v) is 11.7. The number of nitrogens with one attached hydrogen (secondary N) is 4. The summed E-state index contributed by atoms with van der Waals surface area (Å²) in [7, 11) is 0. The number of rotatable bonds is 6. The molecule has 0 spiro atoms. The summed E-state index contributed by atoms with van der Waals surface area (Å²) in [6.07, 6.45) is 6.35. The van der Waals surface area contributed by atoms with E-state index in [1.54, 1.807) is 11.3 Å². The van der Waals surface area contributed by atoms with E-state index in [4.69, 9.17) is 4.98 Å². The molecule has 6 rings (SSSR count). The van der Waals surface area contributed by atoms with E-state index in [-0.39, 0.29) is 0 Å². The summed E-state index contributed by atoms with van der Waals surface area (Å²) in [5.41, 5.74) is 0.981. The Bertz CT molecular complexity index is 1010. The van der Waals surface area contributed by atoms with Crippen LogP contribution in [0.25, 0.3) is 10.2 Å². The molecule has 4 N–H and O–H groups in total. The summed E-state index contributed by atoms with van der Waals surface area (Å²) in [4.78, 5) is 18.7. The maximum absolute atomic E-state index is 4.70. The van der Waals surface area contributed by atoms with Crippen molar-refractivity contribution in [2.24, 2.45) is 11.8 Å². The Balaban J connectivity index is 1.27. The van der Waals surface area contributed by atoms with Gasteiger partial charge in [-0.1, -0.05) is 29.9 Å². The number of hydrogen-bond acceptors (Lipinski definition) is 9. The zero-order chi connectivity index (χ0) is 19.9. The molecule has 1 saturated heterocycles. The van der Waals surface area contributed by atoms with Crippen LogP contribution in [0.2, 0.25) is 0 Å². The van der Waals surface area contributed by atoms with Gasteiger partial charge in [0.25, 0.3) is 0 Å². The maximum atomic E-state index is 4.70. The Morgan fingerprint density at radius 3 is 2.53 bits per heavy atom. The van der Waals surface area contributed by atoms with Crippen molar-refractivity contribution >= 4 is 44.5 Å². The van der Waals surface area contributed by atoms with Gasteiger partial charge < -0.3 is 16.0 Å². The van der Waals surface area contributed by atoms with E-state index < -0.39 is 0 Å². The molecule has 2 aliphatic carbocycles. The Labute approximate surface area is 179 Å². The molecule has 0 amide bonds. The lowest BCUT2D eigenvalue weighted by atomic mass is 9.95. The molecule has 8 nitrogen and oxygen atoms in total. The van der Waals surface area contributed by atoms with Gasteiger partial charge in [0.2, 0.25) is 17.8 Å². The van der Waals surface area contributed by atoms with E-state index in [1.165, 1.54) is 25.7 Å². The molecule has 2 aromatic heterocycles. The topological polar surface area (TPSA) is 99.7 Å². The van der Waals surface area contributed by atoms with Crippen molar-refractivity contribution in [3.8, 4) is 0 Å². The Morgan fingerprint density at radius 2 is 1.77 bits per heavy atom. The van der Waals surface area contributed by atoms with E-state index in [1.807, 2.05) is 18.2 Å². The van der Waals surface area contributed by atoms with Crippen molar-refractivity contribution in [2.75, 3.05) is 29.0 Å². The normalized spacial score (nSPS) is 27.6. The Kier molecular flexibility index (Phi) is 4.64. The second-order valence-electron chi connectivity index (χ2n) is 8.68. The number of nitrogens with zero attached hydrogens (tertiary/aromatic N) is 4. The van der Waals surface area contributed by atoms with E-state index in [0.717, 1.165) is 46.7 Å². The van der Waals surface area contributed by atoms with Crippen LogP contribution in [-0.4, -0.2) is 45.1 Å². The lowest BCUT2D eigenvalue weighted by molar-refractivity contribution is 0.438. The van der Waals surface area contributed by atoms with Gasteiger partial charge in [-0.15, -0.1) is 0 Å². The molecule has 3 aliphatic rings. The largest absolute Gasteiger partial charge is 0.351 e. The summed E-state index contributed by atoms with van der Waals surface area (Å²) in [6.45, 7) is 1.96. The molecule has 1 aliphatic heterocycles. The fourth-order valence-electron chi connectivity index (χ4n) is 5.13. The summed E-state index contributed by atoms with van der Waals surface area (Å²) in [5, 5.41) is 14.6. The van der Waals surface area contributed by atoms with Crippen molar-refractivity contribution in [3.05, 3.63) is 24.3 Å². The molecule has 0 radical (unpaired) electrons. The van der Waals surface area contributed by atoms with Crippen LogP contribution >= 0.6 is 11.3 Å². The van der Waals surface area contributed by atoms with Gasteiger partial charge in [0.15, 0.2) is 5.13 Å². The fraction of sp³-hybridized carbons (Fsp3) is 0.524. The highest BCUT2D eigenvalue weighted by molar-refractivity contribution is 7.22. The van der Waals surface area contributed by atoms with E-state index in [2.05, 4.69) is 42.3 Å². The van der Waals surface area contributed by atoms with Gasteiger partial charge in [0.1, 0.15) is 0 Å². The third-order valence-corrected chi connectivity index (χ3v) is 7.55. The molecule has 3 heterocycles. The minimum atomic E-state index is 0.345. The van der Waals surface area contributed by atoms with E-state index >= 15 is 0 Å². The van der Waals surface area contributed by atoms with Crippen molar-refractivity contribution in [1.29, 1.82) is 0 Å². The molecular formula is C21H26N8S. The Morgan fingerprint density at radius 1 is 0.900 bits per heavy atom. The number of fused-ring (bicyclic) bond motifs is 3. The van der Waals surface area contributed by atoms with Crippen LogP contribution in [0.5, 0.6) is 0 Å². The van der Waals surface area contributed by atoms with Crippen LogP contribution in [0, 0.1) is 11.8 Å². The maximum Gasteiger partial charge on any atom is 0.235 e. The SMILES string of the molecule is c1ccc2sc(Nc3nc(NC4CC5CCC4C5)nc(N[C@@H]4CCNC4)n3)nc2c1. The van der Waals surface area contributed by atoms with E-state index in [0.29, 0.717) is 29.9 Å². The third-order valence-electron chi connectivity index (χ3n) is 6.59. The minimum absolute atomic E-state index is 0.345. The quantitative estimate of drug-likeness (QED) is 0.478. The van der Waals surface area contributed by atoms with Gasteiger partial charge in [-0.25, -0.2) is 4.98 Å². The number of para-hydroxylation sites is 1. The zero-order valence-electron chi connectivity index (χ0n) is 16.8. The molecule has 156 valence electrons. The molecule has 9 heteroatoms. The minimum Gasteiger partial charge on any atom is -0.351 e. The predicted octanol–water partition coefficient (Wildman–Crippen LogP) is 3.60. The number of thiazole rings is 1. The highest BCUT2D eigenvalue weighted by Crippen LogP contribution is 2.45. The van der Waals surface area contributed by atoms with Gasteiger partial charge in [0.05, 0.1) is 10.2 Å². The van der Waals surface area contributed by atoms with Gasteiger partial charge in [0, 0.05) is 18.6 Å². The first kappa shape index (κ1) is 18.3. The lowest BCUT2D eigenvalue weighted by Gasteiger charge is -2.23. The van der Waals surface area contributed by atoms with Crippen LogP contribution in [0.3, 0.4) is 0 Å². The van der Waals surface area contributed by atoms with Crippen LogP contribution in [0.1, 0.15) is 32.1 Å². The summed E-state index contributed by atoms with van der Waals surface area (Å²) in [6, 6.07) is 8.95. The molecule has 3 aromatic rings. The van der Waals surface area contributed by atoms with Crippen LogP contribution in [0.4, 0.5) is 23.0 Å². The van der Waals surface area contributed by atoms with Crippen LogP contribution in [-0.2, 0) is 0 Å². The first-order chi connectivity index (χ1) is 14.8. The second-order valence-corrected chi connectivity index (χ2v) is 9.71. The van der Waals surface area contributed by atoms with Crippen LogP contribution in [0.15, 0.2) is 24.3 Å². The van der Waals surface area contributed by atoms with Gasteiger partial charge in [-0.3, -0.25) is 5.32 Å². The van der Waals surface area contributed by atoms with Gasteiger partial charge >= 0.3 is 0 Å². The first-order valence-electron chi connectivity index (χ1n) is 10.9. The summed E-state index contributed by atoms with van der Waals surface area (Å²) < 4.78 is 1.14. The molecule has 2 bridgehead atoms. The van der Waals surface area contributed by atoms with Crippen molar-refractivity contribution < 1.29 is 0 Å². The lowest BCUT2D eigenvalue weighted by Crippen LogP contribution is -2.28. The molecule has 30 heavy (non-hydrogen) atoms. The van der Waals surface area contributed by atoms with Crippen LogP contribution < -0.4 is 21.3 Å². The van der Waals surface area contributed by atoms with Gasteiger partial charge in [-0.05, 0) is 56.2 Å². The van der Waals surface area contributed by atoms with E-state index in [9.17, 15) is 0 Å². The molecule has 3 fully saturated rings. The molecule has 3 unspecified atom stereocenters. The smallest absolute Gasteiger partial charge is 0.235 e. The highest BCUT2D eigenvalue weighted by Gasteiger charge is 2.39. The summed E-state index contributed by atoms with van der Waals surface area (Å²) in [5.74, 6) is 3.43. The molecule has 2 saturated carbocycles. The molecular weight excluding hydrogens is 396 g/mol. The monoisotopic (exact) mass is 422 g/mol. The number of anilines is 4. The average Bonchev–Trinajstić information content (AvgIpc) is 3.52. The average molecular weight is 423 g/mol. The molecule has 1 aromatic carbocycles. The summed E-state index contributed by atoms with van der Waals surface area (Å²) >= 11 is 1.61. The standard InChI is InChI=1S/C21H26N8S/c1-2-4-17-15(3-1)25-21(30-17)29-20-27-18(23-14-7-8-22-11-14)26-19(28-20)24-16-10-12-5-6-13(16)9-12/h1-4,12-14,16,22H,5-11H2,(H3,23,24,25,26,27,28,29)/t12?,13?,14-,16?/m1/s1. The predicted molar refractivity (Wildman–Crippen MR) is 120 cm³/mol. The number of hydrogen-bond donors (Lipinski definition) is 4. The number of benzene rings is 1. The number of aromatic nitrogens is 4. The fourth-order valence-corrected chi connectivity index (χ4v) is 5.99. The van der Waals surface area contributed by atoms with Crippen molar-refractivity contribution in [2.45, 2.75) is 44.2 Å². The Hall–Kier alpha value is -2.52. The molecule has 4 atom stereocenters. The third kappa shape index (κ3) is 3.67. The second kappa shape index (κ2) is 7.63. The van der Waals surface area contributed by atoms with Crippen molar-refractivity contribution in [1.82, 2.24) is 25.3 Å². The highest BCUT2D eigenvalue weighted by atomic mass is 32.1. The zero-order valence-corrected chi connectivity index (χ0v) is 17.6. The van der Waals surface area contributed by atoms with Gasteiger partial charge in [-0.2, -0.15) is 15.0 Å².